The Labute approximate surface area is 143 Å². The van der Waals surface area contributed by atoms with E-state index in [4.69, 9.17) is 0 Å². The number of aromatic nitrogens is 1. The average Bonchev–Trinajstić information content (AvgIpc) is 2.77. The second kappa shape index (κ2) is 6.80. The monoisotopic (exact) mass is 320 g/mol. The second-order valence-corrected chi connectivity index (χ2v) is 6.58. The smallest absolute Gasteiger partial charge is 0.0485 e. The standard InChI is InChI=1S/C21H24N2O/c24-15-11-19-18-8-4-5-9-20(18)23-14-13-22(12-10-21(19)23)16-17-6-2-1-3-7-17/h1-9,24H,10-16H2. The number of fused-ring (bicyclic) bond motifs is 3. The van der Waals surface area contributed by atoms with E-state index in [-0.39, 0.29) is 6.61 Å². The lowest BCUT2D eigenvalue weighted by molar-refractivity contribution is 0.272. The fraction of sp³-hybridized carbons (Fsp3) is 0.333. The Balaban J connectivity index is 1.62. The number of para-hydroxylation sites is 1. The lowest BCUT2D eigenvalue weighted by Gasteiger charge is -2.19. The van der Waals surface area contributed by atoms with Crippen molar-refractivity contribution < 1.29 is 5.11 Å². The van der Waals surface area contributed by atoms with Crippen LogP contribution in [-0.4, -0.2) is 34.3 Å². The zero-order valence-electron chi connectivity index (χ0n) is 14.0. The third-order valence-corrected chi connectivity index (χ3v) is 5.11. The maximum absolute atomic E-state index is 9.50. The second-order valence-electron chi connectivity index (χ2n) is 6.58. The topological polar surface area (TPSA) is 28.4 Å². The first-order chi connectivity index (χ1) is 11.9. The molecule has 1 N–H and O–H groups in total. The van der Waals surface area contributed by atoms with Crippen LogP contribution in [0.1, 0.15) is 16.8 Å². The molecule has 0 spiro atoms. The van der Waals surface area contributed by atoms with Crippen molar-refractivity contribution in [3.8, 4) is 0 Å². The van der Waals surface area contributed by atoms with Crippen molar-refractivity contribution in [1.29, 1.82) is 0 Å². The highest BCUT2D eigenvalue weighted by molar-refractivity contribution is 5.85. The number of aliphatic hydroxyl groups is 1. The number of hydrogen-bond donors (Lipinski definition) is 1. The van der Waals surface area contributed by atoms with Crippen molar-refractivity contribution in [2.24, 2.45) is 0 Å². The summed E-state index contributed by atoms with van der Waals surface area (Å²) in [6.07, 6.45) is 1.80. The van der Waals surface area contributed by atoms with Crippen LogP contribution < -0.4 is 0 Å². The predicted molar refractivity (Wildman–Crippen MR) is 98.2 cm³/mol. The van der Waals surface area contributed by atoms with Gasteiger partial charge in [0.2, 0.25) is 0 Å². The van der Waals surface area contributed by atoms with Gasteiger partial charge in [0, 0.05) is 55.8 Å². The van der Waals surface area contributed by atoms with Crippen LogP contribution >= 0.6 is 0 Å². The van der Waals surface area contributed by atoms with Crippen molar-refractivity contribution >= 4 is 10.9 Å². The molecule has 2 heterocycles. The molecule has 0 fully saturated rings. The summed E-state index contributed by atoms with van der Waals surface area (Å²) in [4.78, 5) is 2.54. The SMILES string of the molecule is OCCc1c2n(c3ccccc13)CCN(Cc1ccccc1)CC2. The van der Waals surface area contributed by atoms with Crippen molar-refractivity contribution in [2.45, 2.75) is 25.9 Å². The normalized spacial score (nSPS) is 15.4. The fourth-order valence-corrected chi connectivity index (χ4v) is 3.98. The van der Waals surface area contributed by atoms with E-state index in [0.29, 0.717) is 0 Å². The molecule has 24 heavy (non-hydrogen) atoms. The third kappa shape index (κ3) is 2.85. The molecular weight excluding hydrogens is 296 g/mol. The van der Waals surface area contributed by atoms with E-state index < -0.39 is 0 Å². The van der Waals surface area contributed by atoms with E-state index >= 15 is 0 Å². The zero-order chi connectivity index (χ0) is 16.4. The van der Waals surface area contributed by atoms with Crippen LogP contribution in [-0.2, 0) is 25.9 Å². The van der Waals surface area contributed by atoms with Gasteiger partial charge in [-0.15, -0.1) is 0 Å². The van der Waals surface area contributed by atoms with Crippen molar-refractivity contribution in [2.75, 3.05) is 19.7 Å². The molecule has 2 aromatic carbocycles. The van der Waals surface area contributed by atoms with Gasteiger partial charge in [-0.25, -0.2) is 0 Å². The molecule has 0 saturated carbocycles. The van der Waals surface area contributed by atoms with Gasteiger partial charge in [0.25, 0.3) is 0 Å². The van der Waals surface area contributed by atoms with Gasteiger partial charge in [-0.3, -0.25) is 4.90 Å². The van der Waals surface area contributed by atoms with E-state index in [2.05, 4.69) is 64.1 Å². The van der Waals surface area contributed by atoms with Crippen LogP contribution in [0.4, 0.5) is 0 Å². The molecule has 1 aliphatic heterocycles. The molecule has 3 aromatic rings. The number of benzene rings is 2. The van der Waals surface area contributed by atoms with Gasteiger partial charge < -0.3 is 9.67 Å². The minimum absolute atomic E-state index is 0.217. The van der Waals surface area contributed by atoms with Gasteiger partial charge in [-0.2, -0.15) is 0 Å². The Morgan fingerprint density at radius 2 is 1.67 bits per heavy atom. The fourth-order valence-electron chi connectivity index (χ4n) is 3.98. The molecule has 3 nitrogen and oxygen atoms in total. The molecule has 124 valence electrons. The summed E-state index contributed by atoms with van der Waals surface area (Å²) in [5.41, 5.74) is 5.46. The highest BCUT2D eigenvalue weighted by atomic mass is 16.2. The van der Waals surface area contributed by atoms with E-state index in [1.807, 2.05) is 0 Å². The van der Waals surface area contributed by atoms with Gasteiger partial charge in [0.1, 0.15) is 0 Å². The lowest BCUT2D eigenvalue weighted by atomic mass is 10.1. The summed E-state index contributed by atoms with van der Waals surface area (Å²) in [6.45, 7) is 4.39. The van der Waals surface area contributed by atoms with E-state index in [0.717, 1.165) is 39.0 Å². The number of rotatable bonds is 4. The largest absolute Gasteiger partial charge is 0.396 e. The van der Waals surface area contributed by atoms with Gasteiger partial charge in [0.05, 0.1) is 0 Å². The molecule has 1 aromatic heterocycles. The molecule has 0 radical (unpaired) electrons. The Bertz CT molecular complexity index is 822. The summed E-state index contributed by atoms with van der Waals surface area (Å²) in [6, 6.07) is 19.3. The Morgan fingerprint density at radius 1 is 0.875 bits per heavy atom. The highest BCUT2D eigenvalue weighted by Gasteiger charge is 2.20. The Morgan fingerprint density at radius 3 is 2.50 bits per heavy atom. The van der Waals surface area contributed by atoms with Crippen LogP contribution in [0.5, 0.6) is 0 Å². The van der Waals surface area contributed by atoms with Crippen molar-refractivity contribution in [1.82, 2.24) is 9.47 Å². The first-order valence-electron chi connectivity index (χ1n) is 8.83. The summed E-state index contributed by atoms with van der Waals surface area (Å²) in [5.74, 6) is 0. The molecule has 0 unspecified atom stereocenters. The molecule has 0 aliphatic carbocycles. The van der Waals surface area contributed by atoms with Crippen LogP contribution in [0.2, 0.25) is 0 Å². The first-order valence-corrected chi connectivity index (χ1v) is 8.83. The van der Waals surface area contributed by atoms with Crippen LogP contribution in [0.15, 0.2) is 54.6 Å². The summed E-state index contributed by atoms with van der Waals surface area (Å²) in [7, 11) is 0. The van der Waals surface area contributed by atoms with Gasteiger partial charge in [-0.1, -0.05) is 48.5 Å². The molecular formula is C21H24N2O. The van der Waals surface area contributed by atoms with Crippen molar-refractivity contribution in [3.63, 3.8) is 0 Å². The molecule has 0 atom stereocenters. The molecule has 0 saturated heterocycles. The van der Waals surface area contributed by atoms with Gasteiger partial charge in [-0.05, 0) is 23.6 Å². The number of hydrogen-bond acceptors (Lipinski definition) is 2. The lowest BCUT2D eigenvalue weighted by Crippen LogP contribution is -2.26. The van der Waals surface area contributed by atoms with Gasteiger partial charge in [0.15, 0.2) is 0 Å². The van der Waals surface area contributed by atoms with Crippen LogP contribution in [0, 0.1) is 0 Å². The third-order valence-electron chi connectivity index (χ3n) is 5.11. The number of nitrogens with zero attached hydrogens (tertiary/aromatic N) is 2. The minimum atomic E-state index is 0.217. The van der Waals surface area contributed by atoms with E-state index in [9.17, 15) is 5.11 Å². The summed E-state index contributed by atoms with van der Waals surface area (Å²) >= 11 is 0. The average molecular weight is 320 g/mol. The van der Waals surface area contributed by atoms with Crippen LogP contribution in [0.3, 0.4) is 0 Å². The molecule has 1 aliphatic rings. The predicted octanol–water partition coefficient (Wildman–Crippen LogP) is 3.23. The first kappa shape index (κ1) is 15.4. The molecule has 3 heteroatoms. The Kier molecular flexibility index (Phi) is 4.37. The van der Waals surface area contributed by atoms with E-state index in [1.165, 1.54) is 27.7 Å². The summed E-state index contributed by atoms with van der Waals surface area (Å²) < 4.78 is 2.48. The number of aliphatic hydroxyl groups excluding tert-OH is 1. The van der Waals surface area contributed by atoms with Gasteiger partial charge >= 0.3 is 0 Å². The Hall–Kier alpha value is -2.10. The molecule has 0 amide bonds. The molecule has 0 bridgehead atoms. The quantitative estimate of drug-likeness (QED) is 0.799. The maximum Gasteiger partial charge on any atom is 0.0485 e. The highest BCUT2D eigenvalue weighted by Crippen LogP contribution is 2.29. The minimum Gasteiger partial charge on any atom is -0.396 e. The zero-order valence-corrected chi connectivity index (χ0v) is 14.0. The maximum atomic E-state index is 9.50. The molecule has 4 rings (SSSR count). The van der Waals surface area contributed by atoms with Crippen molar-refractivity contribution in [3.05, 3.63) is 71.4 Å². The van der Waals surface area contributed by atoms with E-state index in [1.54, 1.807) is 0 Å². The summed E-state index contributed by atoms with van der Waals surface area (Å²) in [5, 5.41) is 10.8. The van der Waals surface area contributed by atoms with Crippen LogP contribution in [0.25, 0.3) is 10.9 Å².